The van der Waals surface area contributed by atoms with Crippen LogP contribution in [0.2, 0.25) is 0 Å². The molecule has 1 aromatic carbocycles. The number of primary amides is 1. The highest BCUT2D eigenvalue weighted by Crippen LogP contribution is 2.57. The first-order chi connectivity index (χ1) is 17.5. The molecular weight excluding hydrogens is 512 g/mol. The monoisotopic (exact) mass is 546 g/mol. The number of nitrogens with two attached hydrogens (primary N) is 1. The number of aromatic hydroxyl groups is 1. The fourth-order valence-electron chi connectivity index (χ4n) is 6.42. The Morgan fingerprint density at radius 2 is 1.76 bits per heavy atom. The quantitative estimate of drug-likeness (QED) is 0.300. The van der Waals surface area contributed by atoms with Gasteiger partial charge in [-0.3, -0.25) is 19.3 Å². The number of thioether (sulfide) groups is 1. The summed E-state index contributed by atoms with van der Waals surface area (Å²) in [5, 5.41) is 57.4. The van der Waals surface area contributed by atoms with Crippen LogP contribution in [0, 0.1) is 11.8 Å². The van der Waals surface area contributed by atoms with Crippen LogP contribution in [0.5, 0.6) is 5.75 Å². The normalized spacial score (nSPS) is 31.3. The van der Waals surface area contributed by atoms with E-state index in [2.05, 4.69) is 0 Å². The minimum absolute atomic E-state index is 0.0139. The van der Waals surface area contributed by atoms with E-state index in [9.17, 15) is 39.9 Å². The molecule has 0 bridgehead atoms. The number of phenolic OH excluding ortho intramolecular Hbond substituents is 1. The van der Waals surface area contributed by atoms with Crippen LogP contribution >= 0.6 is 11.8 Å². The highest BCUT2D eigenvalue weighted by atomic mass is 32.2. The molecule has 0 aromatic heterocycles. The molecule has 0 radical (unpaired) electrons. The number of phenols is 1. The Morgan fingerprint density at radius 3 is 2.26 bits per heavy atom. The van der Waals surface area contributed by atoms with Crippen LogP contribution < -0.4 is 5.73 Å². The van der Waals surface area contributed by atoms with E-state index in [4.69, 9.17) is 5.73 Å². The molecule has 1 amide bonds. The van der Waals surface area contributed by atoms with Crippen LogP contribution in [0.1, 0.15) is 43.4 Å². The van der Waals surface area contributed by atoms with Crippen LogP contribution in [0.25, 0.3) is 5.76 Å². The number of fused-ring (bicyclic) bond motifs is 3. The number of carbonyl (C=O) groups is 3. The number of nitrogens with zero attached hydrogens (tertiary/aromatic N) is 1. The second-order valence-electron chi connectivity index (χ2n) is 11.5. The molecule has 206 valence electrons. The second kappa shape index (κ2) is 9.11. The summed E-state index contributed by atoms with van der Waals surface area (Å²) in [6, 6.07) is 2.11. The van der Waals surface area contributed by atoms with Gasteiger partial charge in [0.25, 0.3) is 5.91 Å². The molecule has 6 atom stereocenters. The number of aliphatic hydroxyl groups excluding tert-OH is 3. The van der Waals surface area contributed by atoms with Gasteiger partial charge in [-0.1, -0.05) is 32.9 Å². The molecule has 10 nitrogen and oxygen atoms in total. The van der Waals surface area contributed by atoms with E-state index in [0.29, 0.717) is 16.9 Å². The van der Waals surface area contributed by atoms with Crippen molar-refractivity contribution in [3.63, 3.8) is 0 Å². The molecule has 0 saturated heterocycles. The van der Waals surface area contributed by atoms with Gasteiger partial charge in [-0.05, 0) is 31.3 Å². The molecule has 38 heavy (non-hydrogen) atoms. The van der Waals surface area contributed by atoms with Gasteiger partial charge in [0.2, 0.25) is 5.78 Å². The summed E-state index contributed by atoms with van der Waals surface area (Å²) in [6.45, 7) is 5.63. The summed E-state index contributed by atoms with van der Waals surface area (Å²) in [6.07, 6.45) is 0.215. The molecule has 1 saturated carbocycles. The van der Waals surface area contributed by atoms with E-state index >= 15 is 0 Å². The average molecular weight is 547 g/mol. The third-order valence-electron chi connectivity index (χ3n) is 8.09. The first-order valence-electron chi connectivity index (χ1n) is 12.2. The van der Waals surface area contributed by atoms with Gasteiger partial charge >= 0.3 is 0 Å². The lowest BCUT2D eigenvalue weighted by molar-refractivity contribution is -0.169. The number of aliphatic hydroxyl groups is 4. The van der Waals surface area contributed by atoms with E-state index in [1.165, 1.54) is 30.8 Å². The van der Waals surface area contributed by atoms with Gasteiger partial charge in [0.1, 0.15) is 22.8 Å². The number of benzene rings is 1. The van der Waals surface area contributed by atoms with Crippen molar-refractivity contribution < 1.29 is 39.9 Å². The number of carbonyl (C=O) groups excluding carboxylic acids is 3. The van der Waals surface area contributed by atoms with Gasteiger partial charge in [-0.15, -0.1) is 0 Å². The van der Waals surface area contributed by atoms with Crippen LogP contribution in [0.4, 0.5) is 0 Å². The largest absolute Gasteiger partial charge is 0.508 e. The van der Waals surface area contributed by atoms with Gasteiger partial charge in [0.15, 0.2) is 11.4 Å². The van der Waals surface area contributed by atoms with Crippen molar-refractivity contribution in [2.45, 2.75) is 49.9 Å². The maximum absolute atomic E-state index is 14.1. The molecular formula is C27H34N2O8S. The molecule has 3 aliphatic rings. The summed E-state index contributed by atoms with van der Waals surface area (Å²) < 4.78 is 0. The van der Waals surface area contributed by atoms with E-state index in [1.807, 2.05) is 27.0 Å². The minimum atomic E-state index is -2.93. The van der Waals surface area contributed by atoms with Crippen molar-refractivity contribution in [1.82, 2.24) is 4.90 Å². The van der Waals surface area contributed by atoms with Crippen LogP contribution in [0.3, 0.4) is 0 Å². The number of rotatable bonds is 4. The third kappa shape index (κ3) is 3.63. The van der Waals surface area contributed by atoms with Gasteiger partial charge in [-0.25, -0.2) is 0 Å². The van der Waals surface area contributed by atoms with Crippen molar-refractivity contribution in [3.05, 3.63) is 45.7 Å². The maximum Gasteiger partial charge on any atom is 0.255 e. The first kappa shape index (κ1) is 28.2. The van der Waals surface area contributed by atoms with Crippen LogP contribution in [-0.2, 0) is 19.8 Å². The molecule has 3 unspecified atom stereocenters. The predicted molar refractivity (Wildman–Crippen MR) is 142 cm³/mol. The van der Waals surface area contributed by atoms with E-state index in [1.54, 1.807) is 12.1 Å². The molecule has 3 aliphatic carbocycles. The maximum atomic E-state index is 14.1. The number of hydrogen-bond donors (Lipinski definition) is 6. The molecule has 0 spiro atoms. The Labute approximate surface area is 224 Å². The van der Waals surface area contributed by atoms with Gasteiger partial charge in [-0.2, -0.15) is 11.8 Å². The van der Waals surface area contributed by atoms with Crippen molar-refractivity contribution >= 4 is 35.0 Å². The predicted octanol–water partition coefficient (Wildman–Crippen LogP) is 1.14. The average Bonchev–Trinajstić information content (AvgIpc) is 2.79. The summed E-state index contributed by atoms with van der Waals surface area (Å²) >= 11 is 1.42. The molecule has 11 heteroatoms. The van der Waals surface area contributed by atoms with Crippen molar-refractivity contribution in [1.29, 1.82) is 0 Å². The number of likely N-dealkylation sites (N-methyl/N-ethyl adjacent to an activating group) is 1. The zero-order valence-electron chi connectivity index (χ0n) is 22.1. The Bertz CT molecular complexity index is 1310. The Balaban J connectivity index is 2.09. The highest BCUT2D eigenvalue weighted by molar-refractivity contribution is 7.98. The lowest BCUT2D eigenvalue weighted by Gasteiger charge is -2.54. The Kier molecular flexibility index (Phi) is 6.75. The lowest BCUT2D eigenvalue weighted by atomic mass is 9.54. The lowest BCUT2D eigenvalue weighted by Crippen LogP contribution is -2.70. The summed E-state index contributed by atoms with van der Waals surface area (Å²) in [7, 11) is 2.96. The molecule has 1 fully saturated rings. The van der Waals surface area contributed by atoms with Crippen molar-refractivity contribution in [3.8, 4) is 5.75 Å². The van der Waals surface area contributed by atoms with Gasteiger partial charge in [0.05, 0.1) is 23.6 Å². The Morgan fingerprint density at radius 1 is 1.16 bits per heavy atom. The first-order valence-corrected chi connectivity index (χ1v) is 13.6. The smallest absolute Gasteiger partial charge is 0.255 e. The van der Waals surface area contributed by atoms with Crippen LogP contribution in [0.15, 0.2) is 29.0 Å². The molecule has 0 aliphatic heterocycles. The SMILES string of the molecule is CSCC1c2ccc(C(C)(C)C)c(O)c2C(O)=C2C(=O)[C@]3(O)C(O)=C(C(N)=O)C(=O)[C@@H](N(C)C)C3[C@@H](O)C21. The summed E-state index contributed by atoms with van der Waals surface area (Å²) in [4.78, 5) is 40.9. The van der Waals surface area contributed by atoms with E-state index in [-0.39, 0.29) is 16.9 Å². The second-order valence-corrected chi connectivity index (χ2v) is 12.4. The fourth-order valence-corrected chi connectivity index (χ4v) is 7.16. The van der Waals surface area contributed by atoms with E-state index in [0.717, 1.165) is 0 Å². The number of hydrogen-bond acceptors (Lipinski definition) is 10. The highest BCUT2D eigenvalue weighted by Gasteiger charge is 2.68. The molecule has 1 aromatic rings. The van der Waals surface area contributed by atoms with Crippen LogP contribution in [-0.4, -0.2) is 91.8 Å². The molecule has 4 rings (SSSR count). The zero-order valence-corrected chi connectivity index (χ0v) is 23.0. The number of ketones is 2. The van der Waals surface area contributed by atoms with Gasteiger partial charge < -0.3 is 31.3 Å². The summed E-state index contributed by atoms with van der Waals surface area (Å²) in [5.41, 5.74) is 1.63. The van der Waals surface area contributed by atoms with Crippen molar-refractivity contribution in [2.75, 3.05) is 26.1 Å². The fraction of sp³-hybridized carbons (Fsp3) is 0.519. The molecule has 7 N–H and O–H groups in total. The number of Topliss-reactive ketones (excluding diaryl/α,β-unsaturated/α-hetero) is 2. The third-order valence-corrected chi connectivity index (χ3v) is 8.78. The topological polar surface area (TPSA) is 182 Å². The van der Waals surface area contributed by atoms with E-state index < -0.39 is 75.5 Å². The number of amides is 1. The van der Waals surface area contributed by atoms with Crippen molar-refractivity contribution in [2.24, 2.45) is 17.6 Å². The standard InChI is InChI=1S/C27H34N2O8S/c1-26(2,3)12-8-7-10-11(9-38-6)13-15(20(31)14(10)19(12)30)23(34)27(37)17(21(13)32)18(29(4)5)22(33)16(24(27)35)25(28)36/h7-8,11,13,17-18,21,30-32,35,37H,9H2,1-6H3,(H2,28,36)/t11?,13?,17?,18-,21-,27-/m0/s1. The Hall–Kier alpha value is -2.86. The minimum Gasteiger partial charge on any atom is -0.508 e. The molecule has 0 heterocycles. The zero-order chi connectivity index (χ0) is 28.6. The van der Waals surface area contributed by atoms with Gasteiger partial charge in [0, 0.05) is 28.7 Å². The summed E-state index contributed by atoms with van der Waals surface area (Å²) in [5.74, 6) is -8.43.